The minimum atomic E-state index is -4.11. The highest BCUT2D eigenvalue weighted by Crippen LogP contribution is 2.25. The van der Waals surface area contributed by atoms with Gasteiger partial charge in [-0.15, -0.1) is 5.10 Å². The van der Waals surface area contributed by atoms with E-state index < -0.39 is 20.7 Å². The molecule has 0 bridgehead atoms. The zero-order valence-electron chi connectivity index (χ0n) is 10.0. The molecule has 20 heavy (non-hydrogen) atoms. The van der Waals surface area contributed by atoms with Gasteiger partial charge in [-0.3, -0.25) is 4.72 Å². The number of hydrogen-bond donors (Lipinski definition) is 2. The molecule has 0 radical (unpaired) electrons. The number of nitrogens with zero attached hydrogens (tertiary/aromatic N) is 2. The Morgan fingerprint density at radius 2 is 2.15 bits per heavy atom. The second-order valence-corrected chi connectivity index (χ2v) is 6.36. The van der Waals surface area contributed by atoms with Gasteiger partial charge in [0.15, 0.2) is 5.82 Å². The Morgan fingerprint density at radius 1 is 1.40 bits per heavy atom. The van der Waals surface area contributed by atoms with Gasteiger partial charge >= 0.3 is 0 Å². The van der Waals surface area contributed by atoms with Crippen molar-refractivity contribution in [3.8, 4) is 0 Å². The van der Waals surface area contributed by atoms with Crippen LogP contribution in [0.3, 0.4) is 0 Å². The van der Waals surface area contributed by atoms with E-state index in [4.69, 9.17) is 5.73 Å². The lowest BCUT2D eigenvalue weighted by atomic mass is 10.2. The number of nitrogens with two attached hydrogens (primary N) is 1. The Kier molecular flexibility index (Phi) is 4.31. The van der Waals surface area contributed by atoms with Crippen LogP contribution in [0.5, 0.6) is 0 Å². The Bertz CT molecular complexity index is 725. The second-order valence-electron chi connectivity index (χ2n) is 3.80. The van der Waals surface area contributed by atoms with Crippen molar-refractivity contribution in [3.05, 3.63) is 46.3 Å². The van der Waals surface area contributed by atoms with Crippen molar-refractivity contribution >= 4 is 31.8 Å². The summed E-state index contributed by atoms with van der Waals surface area (Å²) in [6.07, 6.45) is 1.39. The lowest BCUT2D eigenvalue weighted by Crippen LogP contribution is -2.17. The van der Waals surface area contributed by atoms with E-state index in [9.17, 15) is 12.8 Å². The van der Waals surface area contributed by atoms with Crippen LogP contribution in [0, 0.1) is 5.82 Å². The summed E-state index contributed by atoms with van der Waals surface area (Å²) in [6, 6.07) is 5.50. The van der Waals surface area contributed by atoms with Crippen molar-refractivity contribution in [2.45, 2.75) is 11.4 Å². The van der Waals surface area contributed by atoms with Gasteiger partial charge in [0.1, 0.15) is 10.7 Å². The third-order valence-electron chi connectivity index (χ3n) is 2.40. The highest BCUT2D eigenvalue weighted by molar-refractivity contribution is 9.10. The Morgan fingerprint density at radius 3 is 2.75 bits per heavy atom. The molecule has 1 aromatic heterocycles. The zero-order valence-corrected chi connectivity index (χ0v) is 12.4. The van der Waals surface area contributed by atoms with Gasteiger partial charge in [-0.2, -0.15) is 5.10 Å². The van der Waals surface area contributed by atoms with Crippen LogP contribution in [0.2, 0.25) is 0 Å². The first kappa shape index (κ1) is 14.8. The number of benzene rings is 1. The first-order valence-electron chi connectivity index (χ1n) is 5.42. The van der Waals surface area contributed by atoms with Crippen LogP contribution in [-0.2, 0) is 16.6 Å². The summed E-state index contributed by atoms with van der Waals surface area (Å²) in [7, 11) is -4.11. The molecule has 1 aromatic carbocycles. The van der Waals surface area contributed by atoms with E-state index in [1.54, 1.807) is 0 Å². The van der Waals surface area contributed by atoms with Crippen molar-refractivity contribution in [1.29, 1.82) is 0 Å². The van der Waals surface area contributed by atoms with Crippen molar-refractivity contribution < 1.29 is 12.8 Å². The molecule has 0 spiro atoms. The van der Waals surface area contributed by atoms with E-state index in [-0.39, 0.29) is 17.9 Å². The molecule has 0 saturated heterocycles. The van der Waals surface area contributed by atoms with E-state index in [1.165, 1.54) is 24.4 Å². The zero-order chi connectivity index (χ0) is 14.8. The molecule has 1 heterocycles. The highest BCUT2D eigenvalue weighted by Gasteiger charge is 2.22. The Labute approximate surface area is 123 Å². The van der Waals surface area contributed by atoms with E-state index in [2.05, 4.69) is 30.8 Å². The number of hydrogen-bond acceptors (Lipinski definition) is 5. The van der Waals surface area contributed by atoms with E-state index in [0.717, 1.165) is 6.07 Å². The molecular weight excluding hydrogens is 351 g/mol. The maximum absolute atomic E-state index is 14.1. The van der Waals surface area contributed by atoms with Crippen molar-refractivity contribution in [2.24, 2.45) is 5.73 Å². The van der Waals surface area contributed by atoms with Gasteiger partial charge in [-0.05, 0) is 24.3 Å². The van der Waals surface area contributed by atoms with Crippen LogP contribution in [0.25, 0.3) is 0 Å². The van der Waals surface area contributed by atoms with E-state index in [1.807, 2.05) is 0 Å². The first-order valence-corrected chi connectivity index (χ1v) is 7.70. The molecule has 106 valence electrons. The lowest BCUT2D eigenvalue weighted by molar-refractivity contribution is 0.560. The molecular formula is C11H10BrFN4O2S. The minimum absolute atomic E-state index is 0.00109. The molecule has 0 unspecified atom stereocenters. The van der Waals surface area contributed by atoms with Crippen LogP contribution in [0.15, 0.2) is 39.8 Å². The SMILES string of the molecule is NCc1cc(Br)cc(S(=O)(=O)Nc2cccnn2)c1F. The second kappa shape index (κ2) is 5.81. The smallest absolute Gasteiger partial charge is 0.266 e. The van der Waals surface area contributed by atoms with E-state index >= 15 is 0 Å². The summed E-state index contributed by atoms with van der Waals surface area (Å²) >= 11 is 3.12. The monoisotopic (exact) mass is 360 g/mol. The molecule has 0 amide bonds. The van der Waals surface area contributed by atoms with Gasteiger partial charge in [-0.1, -0.05) is 15.9 Å². The van der Waals surface area contributed by atoms with Crippen LogP contribution < -0.4 is 10.5 Å². The summed E-state index contributed by atoms with van der Waals surface area (Å²) in [5.41, 5.74) is 5.48. The highest BCUT2D eigenvalue weighted by atomic mass is 79.9. The van der Waals surface area contributed by atoms with Gasteiger partial charge in [0.05, 0.1) is 0 Å². The number of halogens is 2. The Hall–Kier alpha value is -1.58. The molecule has 0 aliphatic heterocycles. The maximum atomic E-state index is 14.1. The number of rotatable bonds is 4. The van der Waals surface area contributed by atoms with Gasteiger partial charge in [-0.25, -0.2) is 12.8 Å². The summed E-state index contributed by atoms with van der Waals surface area (Å²) in [5.74, 6) is -0.881. The average Bonchev–Trinajstić information content (AvgIpc) is 2.41. The van der Waals surface area contributed by atoms with Crippen LogP contribution in [-0.4, -0.2) is 18.6 Å². The number of anilines is 1. The van der Waals surface area contributed by atoms with Crippen LogP contribution in [0.4, 0.5) is 10.2 Å². The van der Waals surface area contributed by atoms with Gasteiger partial charge in [0.2, 0.25) is 0 Å². The molecule has 9 heteroatoms. The summed E-state index contributed by atoms with van der Waals surface area (Å²) in [5, 5.41) is 7.12. The van der Waals surface area contributed by atoms with Gasteiger partial charge in [0, 0.05) is 22.8 Å². The molecule has 2 rings (SSSR count). The summed E-state index contributed by atoms with van der Waals surface area (Å²) < 4.78 is 41.0. The quantitative estimate of drug-likeness (QED) is 0.863. The largest absolute Gasteiger partial charge is 0.326 e. The van der Waals surface area contributed by atoms with Crippen molar-refractivity contribution in [3.63, 3.8) is 0 Å². The molecule has 0 saturated carbocycles. The maximum Gasteiger partial charge on any atom is 0.266 e. The fourth-order valence-electron chi connectivity index (χ4n) is 1.51. The van der Waals surface area contributed by atoms with Gasteiger partial charge in [0.25, 0.3) is 10.0 Å². The Balaban J connectivity index is 2.47. The van der Waals surface area contributed by atoms with Crippen LogP contribution >= 0.6 is 15.9 Å². The molecule has 0 aliphatic carbocycles. The fraction of sp³-hybridized carbons (Fsp3) is 0.0909. The normalized spacial score (nSPS) is 11.3. The predicted molar refractivity (Wildman–Crippen MR) is 74.8 cm³/mol. The van der Waals surface area contributed by atoms with Gasteiger partial charge < -0.3 is 5.73 Å². The first-order chi connectivity index (χ1) is 9.44. The number of sulfonamides is 1. The molecule has 0 aliphatic rings. The van der Waals surface area contributed by atoms with Crippen molar-refractivity contribution in [1.82, 2.24) is 10.2 Å². The van der Waals surface area contributed by atoms with Crippen LogP contribution in [0.1, 0.15) is 5.56 Å². The van der Waals surface area contributed by atoms with Crippen molar-refractivity contribution in [2.75, 3.05) is 4.72 Å². The molecule has 6 nitrogen and oxygen atoms in total. The molecule has 3 N–H and O–H groups in total. The lowest BCUT2D eigenvalue weighted by Gasteiger charge is -2.10. The summed E-state index contributed by atoms with van der Waals surface area (Å²) in [4.78, 5) is -0.502. The number of nitrogens with one attached hydrogen (secondary N) is 1. The molecule has 2 aromatic rings. The predicted octanol–water partition coefficient (Wildman–Crippen LogP) is 1.64. The topological polar surface area (TPSA) is 98.0 Å². The fourth-order valence-corrected chi connectivity index (χ4v) is 3.31. The molecule has 0 fully saturated rings. The third kappa shape index (κ3) is 3.11. The number of aromatic nitrogens is 2. The van der Waals surface area contributed by atoms with E-state index in [0.29, 0.717) is 4.47 Å². The minimum Gasteiger partial charge on any atom is -0.326 e. The third-order valence-corrected chi connectivity index (χ3v) is 4.21. The average molecular weight is 361 g/mol. The summed E-state index contributed by atoms with van der Waals surface area (Å²) in [6.45, 7) is -0.112. The standard InChI is InChI=1S/C11H10BrFN4O2S/c12-8-4-7(6-14)11(13)9(5-8)20(18,19)17-10-2-1-3-15-16-10/h1-5H,6,14H2,(H,16,17). The molecule has 0 atom stereocenters.